The fraction of sp³-hybridized carbons (Fsp3) is 1.00. The third-order valence-corrected chi connectivity index (χ3v) is 2.80. The van der Waals surface area contributed by atoms with Crippen molar-refractivity contribution in [3.8, 4) is 0 Å². The maximum absolute atomic E-state index is 5.48. The molecule has 0 fully saturated rings. The predicted octanol–water partition coefficient (Wildman–Crippen LogP) is 3.42. The molecule has 72 valence electrons. The molecule has 2 radical (unpaired) electrons. The number of rotatable bonds is 9. The Hall–Kier alpha value is 0.177. The van der Waals surface area contributed by atoms with Crippen LogP contribution in [0.5, 0.6) is 0 Å². The van der Waals surface area contributed by atoms with Crippen molar-refractivity contribution < 1.29 is 4.43 Å². The molecule has 0 amide bonds. The van der Waals surface area contributed by atoms with Crippen LogP contribution in [0.25, 0.3) is 0 Å². The van der Waals surface area contributed by atoms with Gasteiger partial charge in [-0.15, -0.1) is 0 Å². The van der Waals surface area contributed by atoms with Crippen molar-refractivity contribution in [3.05, 3.63) is 0 Å². The first-order chi connectivity index (χ1) is 5.91. The first-order valence-electron chi connectivity index (χ1n) is 5.26. The van der Waals surface area contributed by atoms with Crippen molar-refractivity contribution in [2.45, 2.75) is 58.4 Å². The van der Waals surface area contributed by atoms with Gasteiger partial charge in [-0.05, 0) is 12.5 Å². The van der Waals surface area contributed by atoms with Crippen LogP contribution in [0.1, 0.15) is 52.4 Å². The second-order valence-corrected chi connectivity index (χ2v) is 4.23. The summed E-state index contributed by atoms with van der Waals surface area (Å²) in [5.41, 5.74) is 0. The Morgan fingerprint density at radius 1 is 0.917 bits per heavy atom. The van der Waals surface area contributed by atoms with Crippen LogP contribution in [0.15, 0.2) is 0 Å². The van der Waals surface area contributed by atoms with E-state index in [2.05, 4.69) is 13.8 Å². The number of hydrogen-bond donors (Lipinski definition) is 0. The summed E-state index contributed by atoms with van der Waals surface area (Å²) in [6, 6.07) is 1.28. The Labute approximate surface area is 79.8 Å². The zero-order chi connectivity index (χ0) is 9.07. The van der Waals surface area contributed by atoms with E-state index in [0.29, 0.717) is 0 Å². The summed E-state index contributed by atoms with van der Waals surface area (Å²) in [7, 11) is 0.753. The van der Waals surface area contributed by atoms with Gasteiger partial charge in [-0.1, -0.05) is 46.0 Å². The van der Waals surface area contributed by atoms with Crippen molar-refractivity contribution >= 4 is 9.76 Å². The summed E-state index contributed by atoms with van der Waals surface area (Å²) in [5.74, 6) is 0. The fourth-order valence-electron chi connectivity index (χ4n) is 0.985. The van der Waals surface area contributed by atoms with Gasteiger partial charge < -0.3 is 4.43 Å². The molecule has 0 saturated carbocycles. The molecular weight excluding hydrogens is 164 g/mol. The molecule has 0 rings (SSSR count). The molecule has 0 aliphatic carbocycles. The summed E-state index contributed by atoms with van der Waals surface area (Å²) >= 11 is 0. The Morgan fingerprint density at radius 3 is 2.33 bits per heavy atom. The lowest BCUT2D eigenvalue weighted by molar-refractivity contribution is 0.325. The molecule has 0 saturated heterocycles. The van der Waals surface area contributed by atoms with E-state index in [1.807, 2.05) is 0 Å². The summed E-state index contributed by atoms with van der Waals surface area (Å²) < 4.78 is 5.48. The van der Waals surface area contributed by atoms with Gasteiger partial charge in [0.15, 0.2) is 0 Å². The van der Waals surface area contributed by atoms with Gasteiger partial charge in [0.05, 0.1) is 0 Å². The van der Waals surface area contributed by atoms with Crippen molar-refractivity contribution in [3.63, 3.8) is 0 Å². The van der Waals surface area contributed by atoms with Crippen LogP contribution < -0.4 is 0 Å². The van der Waals surface area contributed by atoms with Crippen molar-refractivity contribution in [1.29, 1.82) is 0 Å². The van der Waals surface area contributed by atoms with Crippen LogP contribution in [0.3, 0.4) is 0 Å². The van der Waals surface area contributed by atoms with Crippen molar-refractivity contribution in [1.82, 2.24) is 0 Å². The van der Waals surface area contributed by atoms with Crippen molar-refractivity contribution in [2.75, 3.05) is 6.61 Å². The molecule has 0 heterocycles. The van der Waals surface area contributed by atoms with Crippen LogP contribution in [-0.2, 0) is 4.43 Å². The maximum Gasteiger partial charge on any atom is 0.229 e. The molecular formula is C10H22OSi. The van der Waals surface area contributed by atoms with E-state index in [-0.39, 0.29) is 0 Å². The van der Waals surface area contributed by atoms with E-state index in [9.17, 15) is 0 Å². The highest BCUT2D eigenvalue weighted by atomic mass is 28.2. The standard InChI is InChI=1S/C10H22OSi/c1-3-5-7-8-10-12-11-9-6-4-2/h3-10H2,1-2H3. The first-order valence-corrected chi connectivity index (χ1v) is 6.38. The Morgan fingerprint density at radius 2 is 1.67 bits per heavy atom. The average molecular weight is 186 g/mol. The highest BCUT2D eigenvalue weighted by molar-refractivity contribution is 6.26. The molecule has 0 N–H and O–H groups in total. The Kier molecular flexibility index (Phi) is 11.3. The summed E-state index contributed by atoms with van der Waals surface area (Å²) in [5, 5.41) is 0. The van der Waals surface area contributed by atoms with Gasteiger partial charge in [-0.3, -0.25) is 0 Å². The molecule has 0 unspecified atom stereocenters. The highest BCUT2D eigenvalue weighted by Gasteiger charge is 1.91. The SMILES string of the molecule is CCCCCC[Si]OCCCC. The molecule has 2 heteroatoms. The number of unbranched alkanes of at least 4 members (excludes halogenated alkanes) is 4. The minimum atomic E-state index is 0.753. The van der Waals surface area contributed by atoms with E-state index in [4.69, 9.17) is 4.43 Å². The largest absolute Gasteiger partial charge is 0.417 e. The van der Waals surface area contributed by atoms with Crippen LogP contribution >= 0.6 is 0 Å². The molecule has 0 aromatic carbocycles. The van der Waals surface area contributed by atoms with Crippen LogP contribution in [-0.4, -0.2) is 16.4 Å². The molecule has 0 aromatic heterocycles. The topological polar surface area (TPSA) is 9.23 Å². The lowest BCUT2D eigenvalue weighted by atomic mass is 10.2. The van der Waals surface area contributed by atoms with Crippen LogP contribution in [0, 0.1) is 0 Å². The molecule has 0 aromatic rings. The van der Waals surface area contributed by atoms with Crippen molar-refractivity contribution in [2.24, 2.45) is 0 Å². The molecule has 0 bridgehead atoms. The quantitative estimate of drug-likeness (QED) is 0.396. The maximum atomic E-state index is 5.48. The number of hydrogen-bond acceptors (Lipinski definition) is 1. The molecule has 1 nitrogen and oxygen atoms in total. The second kappa shape index (κ2) is 11.2. The monoisotopic (exact) mass is 186 g/mol. The molecule has 0 spiro atoms. The highest BCUT2D eigenvalue weighted by Crippen LogP contribution is 2.02. The zero-order valence-electron chi connectivity index (χ0n) is 8.57. The average Bonchev–Trinajstić information content (AvgIpc) is 2.10. The summed E-state index contributed by atoms with van der Waals surface area (Å²) in [4.78, 5) is 0. The van der Waals surface area contributed by atoms with Gasteiger partial charge in [0, 0.05) is 6.61 Å². The van der Waals surface area contributed by atoms with Crippen LogP contribution in [0.4, 0.5) is 0 Å². The van der Waals surface area contributed by atoms with Gasteiger partial charge in [0.1, 0.15) is 0 Å². The minimum Gasteiger partial charge on any atom is -0.417 e. The van der Waals surface area contributed by atoms with E-state index >= 15 is 0 Å². The zero-order valence-corrected chi connectivity index (χ0v) is 9.57. The molecule has 0 aliphatic rings. The van der Waals surface area contributed by atoms with E-state index in [0.717, 1.165) is 16.4 Å². The molecule has 0 aliphatic heterocycles. The third-order valence-electron chi connectivity index (χ3n) is 1.83. The molecule has 0 atom stereocenters. The van der Waals surface area contributed by atoms with E-state index in [1.165, 1.54) is 44.6 Å². The Bertz CT molecular complexity index is 66.2. The van der Waals surface area contributed by atoms with Gasteiger partial charge in [0.2, 0.25) is 9.76 Å². The van der Waals surface area contributed by atoms with Gasteiger partial charge in [0.25, 0.3) is 0 Å². The summed E-state index contributed by atoms with van der Waals surface area (Å²) in [6.07, 6.45) is 7.95. The van der Waals surface area contributed by atoms with Crippen LogP contribution in [0.2, 0.25) is 6.04 Å². The second-order valence-electron chi connectivity index (χ2n) is 3.16. The first kappa shape index (κ1) is 12.2. The summed E-state index contributed by atoms with van der Waals surface area (Å²) in [6.45, 7) is 5.43. The third kappa shape index (κ3) is 10.2. The lowest BCUT2D eigenvalue weighted by Gasteiger charge is -2.00. The predicted molar refractivity (Wildman–Crippen MR) is 55.6 cm³/mol. The Balaban J connectivity index is 2.73. The minimum absolute atomic E-state index is 0.753. The fourth-order valence-corrected chi connectivity index (χ4v) is 1.81. The lowest BCUT2D eigenvalue weighted by Crippen LogP contribution is -1.99. The van der Waals surface area contributed by atoms with Gasteiger partial charge >= 0.3 is 0 Å². The van der Waals surface area contributed by atoms with E-state index in [1.54, 1.807) is 0 Å². The normalized spacial score (nSPS) is 10.5. The molecule has 12 heavy (non-hydrogen) atoms. The van der Waals surface area contributed by atoms with Gasteiger partial charge in [-0.2, -0.15) is 0 Å². The van der Waals surface area contributed by atoms with E-state index < -0.39 is 0 Å². The smallest absolute Gasteiger partial charge is 0.229 e. The van der Waals surface area contributed by atoms with Gasteiger partial charge in [-0.25, -0.2) is 0 Å².